The van der Waals surface area contributed by atoms with Gasteiger partial charge in [0.25, 0.3) is 11.8 Å². The number of aromatic nitrogens is 1. The summed E-state index contributed by atoms with van der Waals surface area (Å²) in [4.78, 5) is 24.2. The number of nitrogens with one attached hydrogen (secondary N) is 2. The molecule has 0 atom stereocenters. The molecule has 2 N–H and O–H groups in total. The summed E-state index contributed by atoms with van der Waals surface area (Å²) in [6.07, 6.45) is 0.714. The van der Waals surface area contributed by atoms with Gasteiger partial charge in [-0.2, -0.15) is 0 Å². The molecule has 0 bridgehead atoms. The number of nitrogens with zero attached hydrogens (tertiary/aromatic N) is 1. The highest BCUT2D eigenvalue weighted by atomic mass is 35.5. The van der Waals surface area contributed by atoms with Gasteiger partial charge in [0.15, 0.2) is 11.5 Å². The molecule has 0 unspecified atom stereocenters. The Morgan fingerprint density at radius 1 is 1.06 bits per heavy atom. The minimum atomic E-state index is -0.313. The van der Waals surface area contributed by atoms with E-state index >= 15 is 0 Å². The Balaban J connectivity index is 1.47. The predicted molar refractivity (Wildman–Crippen MR) is 116 cm³/mol. The summed E-state index contributed by atoms with van der Waals surface area (Å²) in [5.41, 5.74) is 1.32. The van der Waals surface area contributed by atoms with Crippen LogP contribution < -0.4 is 15.4 Å². The van der Waals surface area contributed by atoms with E-state index in [1.807, 2.05) is 0 Å². The molecule has 0 aliphatic carbocycles. The zero-order chi connectivity index (χ0) is 22.1. The molecule has 3 rings (SSSR count). The average molecular weight is 444 g/mol. The van der Waals surface area contributed by atoms with Crippen LogP contribution in [0.4, 0.5) is 5.69 Å². The van der Waals surface area contributed by atoms with Crippen molar-refractivity contribution < 1.29 is 23.6 Å². The Labute approximate surface area is 184 Å². The number of anilines is 1. The second kappa shape index (κ2) is 11.1. The molecule has 162 valence electrons. The highest BCUT2D eigenvalue weighted by molar-refractivity contribution is 6.30. The summed E-state index contributed by atoms with van der Waals surface area (Å²) in [6, 6.07) is 15.0. The summed E-state index contributed by atoms with van der Waals surface area (Å²) in [5, 5.41) is 9.86. The maximum Gasteiger partial charge on any atom is 0.273 e. The van der Waals surface area contributed by atoms with Gasteiger partial charge in [-0.1, -0.05) is 16.8 Å². The number of carbonyl (C=O) groups excluding carboxylic acids is 2. The van der Waals surface area contributed by atoms with Crippen LogP contribution in [0.15, 0.2) is 59.1 Å². The highest BCUT2D eigenvalue weighted by Crippen LogP contribution is 2.18. The second-order valence-corrected chi connectivity index (χ2v) is 6.99. The number of amides is 2. The van der Waals surface area contributed by atoms with Gasteiger partial charge < -0.3 is 24.6 Å². The number of halogens is 1. The SMILES string of the molecule is COCCCNC(=O)c1cc(COc2ccc(NC(=O)c3ccc(Cl)cc3)cc2)on1. The fourth-order valence-electron chi connectivity index (χ4n) is 2.59. The van der Waals surface area contributed by atoms with E-state index in [0.717, 1.165) is 0 Å². The van der Waals surface area contributed by atoms with E-state index in [4.69, 9.17) is 25.6 Å². The van der Waals surface area contributed by atoms with Crippen molar-refractivity contribution in [1.29, 1.82) is 0 Å². The maximum atomic E-state index is 12.2. The lowest BCUT2D eigenvalue weighted by atomic mass is 10.2. The minimum Gasteiger partial charge on any atom is -0.486 e. The average Bonchev–Trinajstić information content (AvgIpc) is 3.26. The Morgan fingerprint density at radius 2 is 1.81 bits per heavy atom. The van der Waals surface area contributed by atoms with Crippen LogP contribution >= 0.6 is 11.6 Å². The molecular weight excluding hydrogens is 422 g/mol. The van der Waals surface area contributed by atoms with Crippen molar-refractivity contribution in [2.24, 2.45) is 0 Å². The molecule has 0 aliphatic rings. The molecule has 1 aromatic heterocycles. The third kappa shape index (κ3) is 6.84. The fourth-order valence-corrected chi connectivity index (χ4v) is 2.72. The van der Waals surface area contributed by atoms with Crippen molar-refractivity contribution in [1.82, 2.24) is 10.5 Å². The number of carbonyl (C=O) groups is 2. The van der Waals surface area contributed by atoms with Crippen molar-refractivity contribution in [3.8, 4) is 5.75 Å². The normalized spacial score (nSPS) is 10.5. The first-order chi connectivity index (χ1) is 15.0. The van der Waals surface area contributed by atoms with E-state index in [1.165, 1.54) is 6.07 Å². The molecule has 0 aliphatic heterocycles. The van der Waals surface area contributed by atoms with Crippen molar-refractivity contribution >= 4 is 29.1 Å². The van der Waals surface area contributed by atoms with Crippen molar-refractivity contribution in [3.05, 3.63) is 76.6 Å². The smallest absolute Gasteiger partial charge is 0.273 e. The maximum absolute atomic E-state index is 12.2. The third-order valence-corrected chi connectivity index (χ3v) is 4.45. The van der Waals surface area contributed by atoms with Gasteiger partial charge in [0.05, 0.1) is 0 Å². The van der Waals surface area contributed by atoms with E-state index in [1.54, 1.807) is 55.6 Å². The summed E-state index contributed by atoms with van der Waals surface area (Å²) >= 11 is 5.84. The number of hydrogen-bond donors (Lipinski definition) is 2. The molecule has 0 fully saturated rings. The van der Waals surface area contributed by atoms with Gasteiger partial charge in [0.1, 0.15) is 12.4 Å². The first kappa shape index (κ1) is 22.3. The molecule has 0 saturated carbocycles. The zero-order valence-corrected chi connectivity index (χ0v) is 17.6. The first-order valence-corrected chi connectivity index (χ1v) is 9.95. The van der Waals surface area contributed by atoms with Gasteiger partial charge >= 0.3 is 0 Å². The number of rotatable bonds is 10. The molecule has 2 aromatic carbocycles. The molecule has 0 spiro atoms. The quantitative estimate of drug-likeness (QED) is 0.460. The number of hydrogen-bond acceptors (Lipinski definition) is 6. The molecule has 3 aromatic rings. The summed E-state index contributed by atoms with van der Waals surface area (Å²) in [5.74, 6) is 0.445. The van der Waals surface area contributed by atoms with Crippen LogP contribution in [0.1, 0.15) is 33.0 Å². The standard InChI is InChI=1S/C22H22ClN3O5/c1-29-12-2-11-24-22(28)20-13-19(31-26-20)14-30-18-9-7-17(8-10-18)25-21(27)15-3-5-16(23)6-4-15/h3-10,13H,2,11-12,14H2,1H3,(H,24,28)(H,25,27). The van der Waals surface area contributed by atoms with Gasteiger partial charge in [0.2, 0.25) is 0 Å². The lowest BCUT2D eigenvalue weighted by Gasteiger charge is -2.07. The Bertz CT molecular complexity index is 1000. The molecule has 2 amide bonds. The van der Waals surface area contributed by atoms with Crippen LogP contribution in [0, 0.1) is 0 Å². The molecule has 8 nitrogen and oxygen atoms in total. The third-order valence-electron chi connectivity index (χ3n) is 4.20. The van der Waals surface area contributed by atoms with Crippen LogP contribution in [0.2, 0.25) is 5.02 Å². The Hall–Kier alpha value is -3.36. The Morgan fingerprint density at radius 3 is 2.52 bits per heavy atom. The summed E-state index contributed by atoms with van der Waals surface area (Å²) in [6.45, 7) is 1.18. The monoisotopic (exact) mass is 443 g/mol. The topological polar surface area (TPSA) is 103 Å². The van der Waals surface area contributed by atoms with E-state index in [2.05, 4.69) is 15.8 Å². The molecule has 0 radical (unpaired) electrons. The largest absolute Gasteiger partial charge is 0.486 e. The van der Waals surface area contributed by atoms with Gasteiger partial charge in [-0.3, -0.25) is 9.59 Å². The predicted octanol–water partition coefficient (Wildman–Crippen LogP) is 3.93. The zero-order valence-electron chi connectivity index (χ0n) is 16.9. The van der Waals surface area contributed by atoms with Gasteiger partial charge in [-0.25, -0.2) is 0 Å². The van der Waals surface area contributed by atoms with E-state index in [-0.39, 0.29) is 24.1 Å². The van der Waals surface area contributed by atoms with Crippen LogP contribution in [0.3, 0.4) is 0 Å². The Kier molecular flexibility index (Phi) is 8.03. The van der Waals surface area contributed by atoms with Crippen molar-refractivity contribution in [2.75, 3.05) is 25.6 Å². The summed E-state index contributed by atoms with van der Waals surface area (Å²) in [7, 11) is 1.61. The molecular formula is C22H22ClN3O5. The highest BCUT2D eigenvalue weighted by Gasteiger charge is 2.12. The fraction of sp³-hybridized carbons (Fsp3) is 0.227. The van der Waals surface area contributed by atoms with Gasteiger partial charge in [0, 0.05) is 42.6 Å². The first-order valence-electron chi connectivity index (χ1n) is 9.57. The molecule has 9 heteroatoms. The second-order valence-electron chi connectivity index (χ2n) is 6.55. The number of ether oxygens (including phenoxy) is 2. The van der Waals surface area contributed by atoms with Crippen molar-refractivity contribution in [3.63, 3.8) is 0 Å². The van der Waals surface area contributed by atoms with Crippen LogP contribution in [-0.2, 0) is 11.3 Å². The van der Waals surface area contributed by atoms with Gasteiger partial charge in [-0.15, -0.1) is 0 Å². The number of methoxy groups -OCH3 is 1. The molecule has 1 heterocycles. The summed E-state index contributed by atoms with van der Waals surface area (Å²) < 4.78 is 15.7. The molecule has 31 heavy (non-hydrogen) atoms. The lowest BCUT2D eigenvalue weighted by molar-refractivity contribution is 0.0938. The minimum absolute atomic E-state index is 0.112. The van der Waals surface area contributed by atoms with Crippen LogP contribution in [-0.4, -0.2) is 37.2 Å². The van der Waals surface area contributed by atoms with E-state index in [9.17, 15) is 9.59 Å². The van der Waals surface area contributed by atoms with Crippen LogP contribution in [0.5, 0.6) is 5.75 Å². The van der Waals surface area contributed by atoms with E-state index < -0.39 is 0 Å². The van der Waals surface area contributed by atoms with E-state index in [0.29, 0.717) is 47.4 Å². The van der Waals surface area contributed by atoms with Gasteiger partial charge in [-0.05, 0) is 55.0 Å². The molecule has 0 saturated heterocycles. The lowest BCUT2D eigenvalue weighted by Crippen LogP contribution is -2.25. The number of benzene rings is 2. The van der Waals surface area contributed by atoms with Crippen LogP contribution in [0.25, 0.3) is 0 Å². The van der Waals surface area contributed by atoms with Crippen molar-refractivity contribution in [2.45, 2.75) is 13.0 Å².